The lowest BCUT2D eigenvalue weighted by Crippen LogP contribution is -2.53. The van der Waals surface area contributed by atoms with E-state index in [1.54, 1.807) is 13.0 Å². The van der Waals surface area contributed by atoms with Crippen molar-refractivity contribution in [3.63, 3.8) is 0 Å². The normalized spacial score (nSPS) is 30.3. The van der Waals surface area contributed by atoms with Gasteiger partial charge in [0, 0.05) is 17.8 Å². The molecule has 0 amide bonds. The number of carbonyl (C=O) groups is 3. The van der Waals surface area contributed by atoms with Gasteiger partial charge in [-0.1, -0.05) is 70.5 Å². The lowest BCUT2D eigenvalue weighted by atomic mass is 9.45. The molecular weight excluding hydrogens is 500 g/mol. The SMILES string of the molecule is C=C(C)N=Nc1ccccc1CCC(=O)OCC(=O)C(C)C1(C)CCC2C(CCC3=CC(=O)C=CC32C)C1CC. The molecule has 2 saturated carbocycles. The molecule has 6 heteroatoms. The molecule has 3 aliphatic rings. The number of allylic oxidation sites excluding steroid dienone is 5. The summed E-state index contributed by atoms with van der Waals surface area (Å²) in [7, 11) is 0. The molecule has 0 bridgehead atoms. The van der Waals surface area contributed by atoms with Crippen LogP contribution in [-0.4, -0.2) is 24.1 Å². The molecule has 3 aliphatic carbocycles. The molecule has 0 spiro atoms. The highest BCUT2D eigenvalue weighted by atomic mass is 16.5. The number of hydrogen-bond donors (Lipinski definition) is 0. The second-order valence-corrected chi connectivity index (χ2v) is 12.5. The summed E-state index contributed by atoms with van der Waals surface area (Å²) in [6, 6.07) is 7.55. The van der Waals surface area contributed by atoms with Gasteiger partial charge in [0.15, 0.2) is 11.6 Å². The minimum absolute atomic E-state index is 0.00540. The fourth-order valence-corrected chi connectivity index (χ4v) is 7.76. The molecule has 0 saturated heterocycles. The van der Waals surface area contributed by atoms with Crippen LogP contribution < -0.4 is 0 Å². The Morgan fingerprint density at radius 1 is 1.20 bits per heavy atom. The zero-order chi connectivity index (χ0) is 29.1. The molecular formula is C34H44N2O4. The highest BCUT2D eigenvalue weighted by Crippen LogP contribution is 2.62. The minimum Gasteiger partial charge on any atom is -0.458 e. The Balaban J connectivity index is 1.36. The van der Waals surface area contributed by atoms with E-state index in [1.807, 2.05) is 37.3 Å². The quantitative estimate of drug-likeness (QED) is 0.221. The number of Topliss-reactive ketones (excluding diaryl/α,β-unsaturated/α-hetero) is 1. The summed E-state index contributed by atoms with van der Waals surface area (Å²) in [6.07, 6.45) is 11.4. The van der Waals surface area contributed by atoms with E-state index in [1.165, 1.54) is 5.57 Å². The van der Waals surface area contributed by atoms with E-state index in [9.17, 15) is 14.4 Å². The first-order valence-electron chi connectivity index (χ1n) is 14.8. The Morgan fingerprint density at radius 2 is 1.95 bits per heavy atom. The zero-order valence-electron chi connectivity index (χ0n) is 24.7. The maximum Gasteiger partial charge on any atom is 0.306 e. The first-order valence-corrected chi connectivity index (χ1v) is 14.8. The van der Waals surface area contributed by atoms with Crippen molar-refractivity contribution in [3.05, 3.63) is 65.9 Å². The van der Waals surface area contributed by atoms with Crippen molar-refractivity contribution in [1.29, 1.82) is 0 Å². The summed E-state index contributed by atoms with van der Waals surface area (Å²) in [6.45, 7) is 14.2. The third kappa shape index (κ3) is 5.96. The van der Waals surface area contributed by atoms with Crippen LogP contribution in [-0.2, 0) is 25.5 Å². The number of ether oxygens (including phenoxy) is 1. The summed E-state index contributed by atoms with van der Waals surface area (Å²) in [5, 5.41) is 8.24. The summed E-state index contributed by atoms with van der Waals surface area (Å²) in [5.74, 6) is 0.889. The lowest BCUT2D eigenvalue weighted by Gasteiger charge is -2.59. The van der Waals surface area contributed by atoms with Gasteiger partial charge in [-0.15, -0.1) is 0 Å². The maximum absolute atomic E-state index is 13.4. The van der Waals surface area contributed by atoms with Crippen LogP contribution >= 0.6 is 0 Å². The molecule has 40 heavy (non-hydrogen) atoms. The molecule has 0 radical (unpaired) electrons. The molecule has 0 heterocycles. The molecule has 1 aromatic rings. The average molecular weight is 545 g/mol. The van der Waals surface area contributed by atoms with Crippen molar-refractivity contribution < 1.29 is 19.1 Å². The van der Waals surface area contributed by atoms with Crippen molar-refractivity contribution in [2.45, 2.75) is 79.6 Å². The van der Waals surface area contributed by atoms with Gasteiger partial charge in [0.1, 0.15) is 6.61 Å². The molecule has 214 valence electrons. The number of azo groups is 1. The molecule has 6 atom stereocenters. The number of benzene rings is 1. The third-order valence-corrected chi connectivity index (χ3v) is 10.2. The van der Waals surface area contributed by atoms with E-state index in [2.05, 4.69) is 43.7 Å². The van der Waals surface area contributed by atoms with E-state index >= 15 is 0 Å². The van der Waals surface area contributed by atoms with Gasteiger partial charge in [0.05, 0.1) is 11.4 Å². The fraction of sp³-hybridized carbons (Fsp3) is 0.559. The fourth-order valence-electron chi connectivity index (χ4n) is 7.76. The first kappa shape index (κ1) is 29.8. The van der Waals surface area contributed by atoms with Crippen molar-refractivity contribution in [1.82, 2.24) is 0 Å². The molecule has 0 aromatic heterocycles. The van der Waals surface area contributed by atoms with Crippen LogP contribution in [0.15, 0.2) is 70.6 Å². The van der Waals surface area contributed by atoms with Gasteiger partial charge in [-0.05, 0) is 86.0 Å². The van der Waals surface area contributed by atoms with Crippen LogP contribution in [0.5, 0.6) is 0 Å². The van der Waals surface area contributed by atoms with Crippen LogP contribution in [0.1, 0.15) is 78.7 Å². The van der Waals surface area contributed by atoms with E-state index in [0.29, 0.717) is 35.6 Å². The predicted octanol–water partition coefficient (Wildman–Crippen LogP) is 7.91. The van der Waals surface area contributed by atoms with Gasteiger partial charge in [-0.25, -0.2) is 0 Å². The van der Waals surface area contributed by atoms with E-state index in [4.69, 9.17) is 4.74 Å². The smallest absolute Gasteiger partial charge is 0.306 e. The largest absolute Gasteiger partial charge is 0.458 e. The lowest BCUT2D eigenvalue weighted by molar-refractivity contribution is -0.152. The number of fused-ring (bicyclic) bond motifs is 3. The van der Waals surface area contributed by atoms with Crippen molar-refractivity contribution in [2.75, 3.05) is 6.61 Å². The molecule has 6 nitrogen and oxygen atoms in total. The van der Waals surface area contributed by atoms with Crippen LogP contribution in [0.4, 0.5) is 5.69 Å². The highest BCUT2D eigenvalue weighted by molar-refractivity contribution is 6.01. The topological polar surface area (TPSA) is 85.2 Å². The number of hydrogen-bond acceptors (Lipinski definition) is 6. The van der Waals surface area contributed by atoms with Crippen LogP contribution in [0.25, 0.3) is 0 Å². The van der Waals surface area contributed by atoms with Gasteiger partial charge in [-0.2, -0.15) is 10.2 Å². The standard InChI is InChI=1S/C34H44N2O4/c1-7-28-27-14-13-25-20-26(37)16-18-34(25,6)29(27)17-19-33(28,5)23(4)31(38)21-40-32(39)15-12-24-10-8-9-11-30(24)36-35-22(2)3/h8-11,16,18,20,23,27-29H,2,7,12-15,17,19,21H2,1,3-6H3. The predicted molar refractivity (Wildman–Crippen MR) is 157 cm³/mol. The molecule has 1 aromatic carbocycles. The first-order chi connectivity index (χ1) is 19.0. The van der Waals surface area contributed by atoms with Gasteiger partial charge >= 0.3 is 5.97 Å². The molecule has 4 rings (SSSR count). The van der Waals surface area contributed by atoms with Crippen molar-refractivity contribution in [2.24, 2.45) is 44.7 Å². The monoisotopic (exact) mass is 544 g/mol. The molecule has 0 N–H and O–H groups in total. The molecule has 6 unspecified atom stereocenters. The van der Waals surface area contributed by atoms with Gasteiger partial charge in [0.25, 0.3) is 0 Å². The Morgan fingerprint density at radius 3 is 2.67 bits per heavy atom. The summed E-state index contributed by atoms with van der Waals surface area (Å²) >= 11 is 0. The average Bonchev–Trinajstić information content (AvgIpc) is 2.93. The number of nitrogens with zero attached hydrogens (tertiary/aromatic N) is 2. The van der Waals surface area contributed by atoms with Crippen LogP contribution in [0.3, 0.4) is 0 Å². The summed E-state index contributed by atoms with van der Waals surface area (Å²) in [5.41, 5.74) is 3.26. The molecule has 0 aliphatic heterocycles. The van der Waals surface area contributed by atoms with Crippen LogP contribution in [0, 0.1) is 34.5 Å². The second kappa shape index (κ2) is 12.2. The summed E-state index contributed by atoms with van der Waals surface area (Å²) < 4.78 is 5.49. The number of ketones is 2. The van der Waals surface area contributed by atoms with Crippen molar-refractivity contribution in [3.8, 4) is 0 Å². The van der Waals surface area contributed by atoms with Gasteiger partial charge in [-0.3, -0.25) is 14.4 Å². The van der Waals surface area contributed by atoms with Gasteiger partial charge in [0.2, 0.25) is 0 Å². The third-order valence-electron chi connectivity index (χ3n) is 10.2. The van der Waals surface area contributed by atoms with Crippen LogP contribution in [0.2, 0.25) is 0 Å². The number of aryl methyl sites for hydroxylation is 1. The molecule has 2 fully saturated rings. The van der Waals surface area contributed by atoms with Crippen molar-refractivity contribution >= 4 is 23.2 Å². The number of carbonyl (C=O) groups excluding carboxylic acids is 3. The minimum atomic E-state index is -0.383. The highest BCUT2D eigenvalue weighted by Gasteiger charge is 2.55. The maximum atomic E-state index is 13.4. The Hall–Kier alpha value is -3.15. The van der Waals surface area contributed by atoms with Gasteiger partial charge < -0.3 is 4.74 Å². The summed E-state index contributed by atoms with van der Waals surface area (Å²) in [4.78, 5) is 38.1. The Bertz CT molecular complexity index is 1260. The van der Waals surface area contributed by atoms with E-state index in [0.717, 1.165) is 37.7 Å². The number of esters is 1. The zero-order valence-corrected chi connectivity index (χ0v) is 24.7. The second-order valence-electron chi connectivity index (χ2n) is 12.5. The van der Waals surface area contributed by atoms with E-state index < -0.39 is 0 Å². The Kier molecular flexibility index (Phi) is 9.06. The van der Waals surface area contributed by atoms with E-state index in [-0.39, 0.29) is 47.3 Å². The Labute approximate surface area is 239 Å². The number of rotatable bonds is 10.